The predicted molar refractivity (Wildman–Crippen MR) is 124 cm³/mol. The Balaban J connectivity index is 1.27. The number of aromatic nitrogens is 3. The molecular formula is C26H24N4O4. The Labute approximate surface area is 196 Å². The van der Waals surface area contributed by atoms with Crippen LogP contribution >= 0.6 is 0 Å². The topological polar surface area (TPSA) is 104 Å². The predicted octanol–water partition coefficient (Wildman–Crippen LogP) is 3.17. The fourth-order valence-corrected chi connectivity index (χ4v) is 4.62. The van der Waals surface area contributed by atoms with Crippen molar-refractivity contribution in [1.29, 1.82) is 0 Å². The molecule has 8 nitrogen and oxygen atoms in total. The number of benzene rings is 2. The Bertz CT molecular complexity index is 1340. The summed E-state index contributed by atoms with van der Waals surface area (Å²) in [5.41, 5.74) is 10.1. The van der Waals surface area contributed by atoms with Gasteiger partial charge in [-0.1, -0.05) is 60.7 Å². The summed E-state index contributed by atoms with van der Waals surface area (Å²) >= 11 is 0. The fraction of sp³-hybridized carbons (Fsp3) is 0.231. The van der Waals surface area contributed by atoms with Gasteiger partial charge in [-0.3, -0.25) is 0 Å². The molecule has 0 radical (unpaired) electrons. The molecule has 1 saturated carbocycles. The Hall–Kier alpha value is -3.72. The Morgan fingerprint density at radius 3 is 2.44 bits per heavy atom. The Morgan fingerprint density at radius 1 is 1.00 bits per heavy atom. The lowest BCUT2D eigenvalue weighted by atomic mass is 10.0. The summed E-state index contributed by atoms with van der Waals surface area (Å²) in [6.45, 7) is 0.794. The number of nitrogens with two attached hydrogens (primary N) is 1. The van der Waals surface area contributed by atoms with Crippen molar-refractivity contribution in [3.63, 3.8) is 0 Å². The van der Waals surface area contributed by atoms with Gasteiger partial charge in [0.15, 0.2) is 5.82 Å². The van der Waals surface area contributed by atoms with Crippen LogP contribution in [-0.4, -0.2) is 31.9 Å². The van der Waals surface area contributed by atoms with Crippen molar-refractivity contribution in [2.45, 2.75) is 31.2 Å². The van der Waals surface area contributed by atoms with Crippen LogP contribution < -0.4 is 5.73 Å². The molecule has 2 aliphatic rings. The molecule has 0 spiro atoms. The van der Waals surface area contributed by atoms with Gasteiger partial charge in [0.05, 0.1) is 19.0 Å². The second-order valence-corrected chi connectivity index (χ2v) is 8.55. The molecule has 8 heteroatoms. The van der Waals surface area contributed by atoms with Crippen molar-refractivity contribution in [3.8, 4) is 0 Å². The lowest BCUT2D eigenvalue weighted by Crippen LogP contribution is -2.42. The van der Waals surface area contributed by atoms with E-state index in [0.29, 0.717) is 30.2 Å². The van der Waals surface area contributed by atoms with Gasteiger partial charge in [-0.15, -0.1) is 0 Å². The number of fused-ring (bicyclic) bond motifs is 2. The minimum atomic E-state index is -1.70. The zero-order valence-corrected chi connectivity index (χ0v) is 18.3. The summed E-state index contributed by atoms with van der Waals surface area (Å²) < 4.78 is 19.9. The zero-order chi connectivity index (χ0) is 23.1. The van der Waals surface area contributed by atoms with Crippen molar-refractivity contribution in [1.82, 2.24) is 14.6 Å². The van der Waals surface area contributed by atoms with Crippen molar-refractivity contribution in [3.05, 3.63) is 108 Å². The average Bonchev–Trinajstić information content (AvgIpc) is 3.18. The first-order valence-electron chi connectivity index (χ1n) is 11.1. The van der Waals surface area contributed by atoms with Crippen LogP contribution in [0, 0.1) is 5.92 Å². The summed E-state index contributed by atoms with van der Waals surface area (Å²) in [5.74, 6) is -1.51. The molecule has 1 aliphatic heterocycles. The number of rotatable bonds is 7. The summed E-state index contributed by atoms with van der Waals surface area (Å²) in [4.78, 5) is 4.03. The van der Waals surface area contributed by atoms with Gasteiger partial charge in [-0.05, 0) is 23.3 Å². The number of nitrogen functional groups attached to an aromatic ring is 1. The molecular weight excluding hydrogens is 432 g/mol. The summed E-state index contributed by atoms with van der Waals surface area (Å²) in [6, 6.07) is 23.3. The van der Waals surface area contributed by atoms with Gasteiger partial charge in [0, 0.05) is 11.5 Å². The van der Waals surface area contributed by atoms with Crippen LogP contribution in [0.2, 0.25) is 0 Å². The normalized spacial score (nSPS) is 26.6. The molecule has 2 aromatic heterocycles. The van der Waals surface area contributed by atoms with Crippen LogP contribution in [-0.2, 0) is 33.2 Å². The Kier molecular flexibility index (Phi) is 5.06. The first-order valence-corrected chi connectivity index (χ1v) is 11.1. The molecule has 4 unspecified atom stereocenters. The smallest absolute Gasteiger partial charge is 0.238 e. The molecule has 1 aliphatic carbocycles. The van der Waals surface area contributed by atoms with E-state index >= 15 is 0 Å². The van der Waals surface area contributed by atoms with Crippen LogP contribution in [0.15, 0.2) is 91.0 Å². The highest BCUT2D eigenvalue weighted by atomic mass is 16.7. The van der Waals surface area contributed by atoms with Gasteiger partial charge in [0.1, 0.15) is 30.2 Å². The maximum Gasteiger partial charge on any atom is 0.238 e. The van der Waals surface area contributed by atoms with Crippen molar-refractivity contribution in [2.75, 3.05) is 5.73 Å². The van der Waals surface area contributed by atoms with Crippen molar-refractivity contribution < 1.29 is 19.3 Å². The molecule has 4 aromatic rings. The van der Waals surface area contributed by atoms with E-state index in [2.05, 4.69) is 10.1 Å². The third-order valence-electron chi connectivity index (χ3n) is 6.38. The fourth-order valence-electron chi connectivity index (χ4n) is 4.62. The molecule has 3 heterocycles. The standard InChI is InChI=1S/C26H24N4O4/c27-25-20-11-12-21(30(20)29-16-28-25)26(31)24(33-14-18-9-5-2-6-10-18)22-19(23(22)34-26)15-32-13-17-7-3-1-4-8-17/h1-12,15-16,22-24,31H,13-14H2,(H2,27,28,29). The first-order chi connectivity index (χ1) is 16.6. The molecule has 4 atom stereocenters. The van der Waals surface area contributed by atoms with Crippen LogP contribution in [0.1, 0.15) is 16.8 Å². The quantitative estimate of drug-likeness (QED) is 0.412. The monoisotopic (exact) mass is 456 g/mol. The number of ether oxygens (including phenoxy) is 3. The maximum absolute atomic E-state index is 11.8. The lowest BCUT2D eigenvalue weighted by molar-refractivity contribution is -0.253. The van der Waals surface area contributed by atoms with Gasteiger partial charge in [-0.25, -0.2) is 9.50 Å². The minimum absolute atomic E-state index is 0.130. The minimum Gasteiger partial charge on any atom is -0.496 e. The zero-order valence-electron chi connectivity index (χ0n) is 18.3. The summed E-state index contributed by atoms with van der Waals surface area (Å²) in [7, 11) is 0. The van der Waals surface area contributed by atoms with E-state index < -0.39 is 11.9 Å². The van der Waals surface area contributed by atoms with E-state index in [1.165, 1.54) is 6.33 Å². The highest BCUT2D eigenvalue weighted by Crippen LogP contribution is 2.59. The molecule has 0 amide bonds. The molecule has 0 bridgehead atoms. The van der Waals surface area contributed by atoms with Gasteiger partial charge >= 0.3 is 0 Å². The van der Waals surface area contributed by atoms with Gasteiger partial charge in [0.2, 0.25) is 5.79 Å². The van der Waals surface area contributed by atoms with E-state index in [0.717, 1.165) is 16.7 Å². The second-order valence-electron chi connectivity index (χ2n) is 8.55. The number of nitrogens with zero attached hydrogens (tertiary/aromatic N) is 3. The number of hydrogen-bond donors (Lipinski definition) is 2. The van der Waals surface area contributed by atoms with Gasteiger partial charge < -0.3 is 25.1 Å². The molecule has 1 saturated heterocycles. The van der Waals surface area contributed by atoms with E-state index in [1.807, 2.05) is 60.7 Å². The number of hydrogen-bond acceptors (Lipinski definition) is 7. The molecule has 2 fully saturated rings. The molecule has 34 heavy (non-hydrogen) atoms. The maximum atomic E-state index is 11.8. The highest BCUT2D eigenvalue weighted by molar-refractivity contribution is 5.65. The summed E-state index contributed by atoms with van der Waals surface area (Å²) in [5, 5.41) is 16.0. The van der Waals surface area contributed by atoms with Crippen molar-refractivity contribution in [2.24, 2.45) is 5.92 Å². The van der Waals surface area contributed by atoms with Crippen molar-refractivity contribution >= 4 is 11.3 Å². The van der Waals surface area contributed by atoms with Crippen LogP contribution in [0.25, 0.3) is 5.52 Å². The second kappa shape index (κ2) is 8.25. The Morgan fingerprint density at radius 2 is 1.71 bits per heavy atom. The SMILES string of the molecule is Nc1ncnn2c(C3(O)OC4C(=COCc5ccccc5)C4C3OCc3ccccc3)ccc12. The third-order valence-corrected chi connectivity index (χ3v) is 6.38. The van der Waals surface area contributed by atoms with Gasteiger partial charge in [0.25, 0.3) is 0 Å². The molecule has 3 N–H and O–H groups in total. The van der Waals surface area contributed by atoms with E-state index in [1.54, 1.807) is 22.9 Å². The lowest BCUT2D eigenvalue weighted by Gasteiger charge is -2.31. The van der Waals surface area contributed by atoms with E-state index in [4.69, 9.17) is 19.9 Å². The van der Waals surface area contributed by atoms with Crippen LogP contribution in [0.4, 0.5) is 5.82 Å². The molecule has 6 rings (SSSR count). The highest BCUT2D eigenvalue weighted by Gasteiger charge is 2.69. The van der Waals surface area contributed by atoms with Crippen LogP contribution in [0.3, 0.4) is 0 Å². The number of anilines is 1. The number of aliphatic hydroxyl groups is 1. The largest absolute Gasteiger partial charge is 0.496 e. The molecule has 172 valence electrons. The first kappa shape index (κ1) is 20.9. The molecule has 2 aromatic carbocycles. The third kappa shape index (κ3) is 3.52. The van der Waals surface area contributed by atoms with Gasteiger partial charge in [-0.2, -0.15) is 5.10 Å². The van der Waals surface area contributed by atoms with E-state index in [-0.39, 0.29) is 12.0 Å². The van der Waals surface area contributed by atoms with E-state index in [9.17, 15) is 5.11 Å². The van der Waals surface area contributed by atoms with Crippen LogP contribution in [0.5, 0.6) is 0 Å². The average molecular weight is 457 g/mol. The summed E-state index contributed by atoms with van der Waals surface area (Å²) in [6.07, 6.45) is 2.13.